The van der Waals surface area contributed by atoms with Crippen molar-refractivity contribution >= 4 is 16.5 Å². The Morgan fingerprint density at radius 2 is 2.04 bits per heavy atom. The summed E-state index contributed by atoms with van der Waals surface area (Å²) in [6.07, 6.45) is 6.35. The van der Waals surface area contributed by atoms with Gasteiger partial charge in [0.25, 0.3) is 0 Å². The van der Waals surface area contributed by atoms with E-state index in [1.165, 1.54) is 17.7 Å². The summed E-state index contributed by atoms with van der Waals surface area (Å²) in [6, 6.07) is 4.40. The molecule has 25 heavy (non-hydrogen) atoms. The third kappa shape index (κ3) is 4.23. The van der Waals surface area contributed by atoms with E-state index in [9.17, 15) is 0 Å². The highest BCUT2D eigenvalue weighted by atomic mass is 32.1. The first-order valence-electron chi connectivity index (χ1n) is 9.16. The van der Waals surface area contributed by atoms with E-state index < -0.39 is 0 Å². The number of anilines is 1. The van der Waals surface area contributed by atoms with Crippen LogP contribution in [0.3, 0.4) is 0 Å². The number of aromatic nitrogens is 1. The summed E-state index contributed by atoms with van der Waals surface area (Å²) < 4.78 is 11.1. The molecule has 0 radical (unpaired) electrons. The molecule has 2 aliphatic heterocycles. The SMILES string of the molecule is c1coc(C(CNCc2cnc(N3CCOCC3)s2)N2CCCC2)c1. The van der Waals surface area contributed by atoms with E-state index in [4.69, 9.17) is 9.15 Å². The Labute approximate surface area is 152 Å². The average Bonchev–Trinajstić information content (AvgIpc) is 3.42. The summed E-state index contributed by atoms with van der Waals surface area (Å²) in [5, 5.41) is 4.72. The van der Waals surface area contributed by atoms with Crippen molar-refractivity contribution < 1.29 is 9.15 Å². The number of likely N-dealkylation sites (tertiary alicyclic amines) is 1. The molecule has 136 valence electrons. The van der Waals surface area contributed by atoms with Crippen LogP contribution in [0.15, 0.2) is 29.0 Å². The van der Waals surface area contributed by atoms with E-state index in [0.29, 0.717) is 6.04 Å². The van der Waals surface area contributed by atoms with E-state index in [-0.39, 0.29) is 0 Å². The zero-order chi connectivity index (χ0) is 16.9. The van der Waals surface area contributed by atoms with Gasteiger partial charge in [-0.25, -0.2) is 4.98 Å². The van der Waals surface area contributed by atoms with Gasteiger partial charge in [0.05, 0.1) is 25.5 Å². The number of ether oxygens (including phenoxy) is 1. The molecule has 2 aliphatic rings. The van der Waals surface area contributed by atoms with Crippen LogP contribution in [0, 0.1) is 0 Å². The lowest BCUT2D eigenvalue weighted by Crippen LogP contribution is -2.36. The lowest BCUT2D eigenvalue weighted by Gasteiger charge is -2.26. The van der Waals surface area contributed by atoms with Gasteiger partial charge in [-0.3, -0.25) is 4.90 Å². The van der Waals surface area contributed by atoms with E-state index in [1.54, 1.807) is 17.6 Å². The Morgan fingerprint density at radius 1 is 1.20 bits per heavy atom. The molecule has 2 saturated heterocycles. The van der Waals surface area contributed by atoms with E-state index in [1.807, 2.05) is 12.3 Å². The standard InChI is InChI=1S/C18H26N4O2S/c1-2-6-21(5-1)16(17-4-3-9-24-17)14-19-12-15-13-20-18(25-15)22-7-10-23-11-8-22/h3-4,9,13,16,19H,1-2,5-8,10-12,14H2. The third-order valence-corrected chi connectivity index (χ3v) is 5.97. The van der Waals surface area contributed by atoms with Crippen molar-refractivity contribution in [2.45, 2.75) is 25.4 Å². The maximum atomic E-state index is 5.68. The number of hydrogen-bond donors (Lipinski definition) is 1. The summed E-state index contributed by atoms with van der Waals surface area (Å²) in [4.78, 5) is 10.7. The number of nitrogens with zero attached hydrogens (tertiary/aromatic N) is 3. The van der Waals surface area contributed by atoms with Crippen LogP contribution in [-0.4, -0.2) is 55.8 Å². The van der Waals surface area contributed by atoms with Gasteiger partial charge in [-0.05, 0) is 38.1 Å². The molecule has 4 heterocycles. The smallest absolute Gasteiger partial charge is 0.185 e. The molecule has 2 aromatic rings. The molecule has 1 atom stereocenters. The highest BCUT2D eigenvalue weighted by Crippen LogP contribution is 2.26. The molecular formula is C18H26N4O2S. The molecule has 0 aliphatic carbocycles. The van der Waals surface area contributed by atoms with E-state index in [0.717, 1.165) is 63.4 Å². The van der Waals surface area contributed by atoms with Gasteiger partial charge < -0.3 is 19.4 Å². The number of furan rings is 1. The molecular weight excluding hydrogens is 336 g/mol. The molecule has 2 aromatic heterocycles. The molecule has 7 heteroatoms. The minimum atomic E-state index is 0.323. The maximum Gasteiger partial charge on any atom is 0.185 e. The van der Waals surface area contributed by atoms with Gasteiger partial charge in [0.15, 0.2) is 5.13 Å². The monoisotopic (exact) mass is 362 g/mol. The normalized spacial score (nSPS) is 20.2. The van der Waals surface area contributed by atoms with Gasteiger partial charge in [0.1, 0.15) is 5.76 Å². The third-order valence-electron chi connectivity index (χ3n) is 4.91. The van der Waals surface area contributed by atoms with Gasteiger partial charge in [-0.15, -0.1) is 11.3 Å². The van der Waals surface area contributed by atoms with Crippen molar-refractivity contribution in [1.82, 2.24) is 15.2 Å². The summed E-state index contributed by atoms with van der Waals surface area (Å²) in [5.41, 5.74) is 0. The minimum absolute atomic E-state index is 0.323. The van der Waals surface area contributed by atoms with Gasteiger partial charge in [-0.2, -0.15) is 0 Å². The molecule has 0 bridgehead atoms. The van der Waals surface area contributed by atoms with Crippen LogP contribution in [-0.2, 0) is 11.3 Å². The summed E-state index contributed by atoms with van der Waals surface area (Å²) in [6.45, 7) is 7.56. The molecule has 2 fully saturated rings. The molecule has 6 nitrogen and oxygen atoms in total. The Balaban J connectivity index is 1.32. The fourth-order valence-corrected chi connectivity index (χ4v) is 4.49. The Morgan fingerprint density at radius 3 is 2.80 bits per heavy atom. The lowest BCUT2D eigenvalue weighted by molar-refractivity contribution is 0.122. The minimum Gasteiger partial charge on any atom is -0.468 e. The van der Waals surface area contributed by atoms with Crippen LogP contribution in [0.2, 0.25) is 0 Å². The van der Waals surface area contributed by atoms with Gasteiger partial charge in [0, 0.05) is 37.3 Å². The first kappa shape index (κ1) is 17.0. The fourth-order valence-electron chi connectivity index (χ4n) is 3.56. The van der Waals surface area contributed by atoms with Crippen LogP contribution in [0.4, 0.5) is 5.13 Å². The average molecular weight is 362 g/mol. The molecule has 4 rings (SSSR count). The zero-order valence-corrected chi connectivity index (χ0v) is 15.3. The molecule has 1 N–H and O–H groups in total. The second-order valence-electron chi connectivity index (χ2n) is 6.61. The first-order valence-corrected chi connectivity index (χ1v) is 9.97. The number of nitrogens with one attached hydrogen (secondary N) is 1. The predicted molar refractivity (Wildman–Crippen MR) is 99.1 cm³/mol. The Hall–Kier alpha value is -1.41. The van der Waals surface area contributed by atoms with Crippen molar-refractivity contribution in [3.8, 4) is 0 Å². The molecule has 0 aromatic carbocycles. The van der Waals surface area contributed by atoms with Crippen LogP contribution < -0.4 is 10.2 Å². The molecule has 0 spiro atoms. The number of hydrogen-bond acceptors (Lipinski definition) is 7. The second kappa shape index (κ2) is 8.31. The lowest BCUT2D eigenvalue weighted by atomic mass is 10.2. The van der Waals surface area contributed by atoms with Gasteiger partial charge >= 0.3 is 0 Å². The van der Waals surface area contributed by atoms with Gasteiger partial charge in [-0.1, -0.05) is 0 Å². The summed E-state index contributed by atoms with van der Waals surface area (Å²) in [7, 11) is 0. The second-order valence-corrected chi connectivity index (χ2v) is 7.71. The Bertz CT molecular complexity index is 633. The predicted octanol–water partition coefficient (Wildman–Crippen LogP) is 2.50. The highest BCUT2D eigenvalue weighted by molar-refractivity contribution is 7.15. The van der Waals surface area contributed by atoms with Gasteiger partial charge in [0.2, 0.25) is 0 Å². The van der Waals surface area contributed by atoms with Crippen molar-refractivity contribution in [1.29, 1.82) is 0 Å². The van der Waals surface area contributed by atoms with Crippen molar-refractivity contribution in [2.75, 3.05) is 50.8 Å². The summed E-state index contributed by atoms with van der Waals surface area (Å²) in [5.74, 6) is 1.06. The van der Waals surface area contributed by atoms with Crippen LogP contribution in [0.5, 0.6) is 0 Å². The largest absolute Gasteiger partial charge is 0.468 e. The van der Waals surface area contributed by atoms with Crippen molar-refractivity contribution in [3.05, 3.63) is 35.2 Å². The highest BCUT2D eigenvalue weighted by Gasteiger charge is 2.25. The van der Waals surface area contributed by atoms with Crippen molar-refractivity contribution in [2.24, 2.45) is 0 Å². The Kier molecular flexibility index (Phi) is 5.66. The first-order chi connectivity index (χ1) is 12.4. The van der Waals surface area contributed by atoms with E-state index in [2.05, 4.69) is 26.2 Å². The number of rotatable bonds is 7. The number of thiazole rings is 1. The maximum absolute atomic E-state index is 5.68. The van der Waals surface area contributed by atoms with E-state index >= 15 is 0 Å². The molecule has 0 saturated carbocycles. The summed E-state index contributed by atoms with van der Waals surface area (Å²) >= 11 is 1.78. The van der Waals surface area contributed by atoms with Crippen molar-refractivity contribution in [3.63, 3.8) is 0 Å². The quantitative estimate of drug-likeness (QED) is 0.817. The van der Waals surface area contributed by atoms with Crippen LogP contribution >= 0.6 is 11.3 Å². The zero-order valence-electron chi connectivity index (χ0n) is 14.5. The van der Waals surface area contributed by atoms with Crippen LogP contribution in [0.25, 0.3) is 0 Å². The topological polar surface area (TPSA) is 53.8 Å². The molecule has 1 unspecified atom stereocenters. The van der Waals surface area contributed by atoms with Crippen LogP contribution in [0.1, 0.15) is 29.5 Å². The fraction of sp³-hybridized carbons (Fsp3) is 0.611. The number of morpholine rings is 1. The molecule has 0 amide bonds.